The third-order valence-electron chi connectivity index (χ3n) is 1.94. The lowest BCUT2D eigenvalue weighted by molar-refractivity contribution is 0.833. The molecule has 0 spiro atoms. The average molecular weight is 289 g/mol. The molecular weight excluding hydrogens is 277 g/mol. The molecule has 5 heteroatoms. The molecule has 0 unspecified atom stereocenters. The molecule has 2 rings (SSSR count). The molecule has 0 amide bonds. The minimum Gasteiger partial charge on any atom is -0.325 e. The number of nitrogens with two attached hydrogens (primary N) is 1. The van der Waals surface area contributed by atoms with Crippen LogP contribution >= 0.6 is 28.3 Å². The third kappa shape index (κ3) is 2.81. The Balaban J connectivity index is 0.00000112. The molecule has 0 aliphatic heterocycles. The largest absolute Gasteiger partial charge is 0.325 e. The highest BCUT2D eigenvalue weighted by atomic mass is 79.9. The van der Waals surface area contributed by atoms with E-state index in [1.165, 1.54) is 0 Å². The van der Waals surface area contributed by atoms with E-state index in [0.29, 0.717) is 6.54 Å². The monoisotopic (exact) mass is 287 g/mol. The minimum absolute atomic E-state index is 0. The van der Waals surface area contributed by atoms with Gasteiger partial charge < -0.3 is 5.73 Å². The second-order valence-electron chi connectivity index (χ2n) is 2.93. The molecule has 0 radical (unpaired) electrons. The number of nitrogens with zero attached hydrogens (tertiary/aromatic N) is 2. The van der Waals surface area contributed by atoms with E-state index in [0.717, 1.165) is 15.9 Å². The summed E-state index contributed by atoms with van der Waals surface area (Å²) in [5, 5.41) is 4.31. The molecule has 0 bridgehead atoms. The van der Waals surface area contributed by atoms with Gasteiger partial charge >= 0.3 is 0 Å². The lowest BCUT2D eigenvalue weighted by Crippen LogP contribution is -2.00. The molecule has 0 saturated heterocycles. The highest BCUT2D eigenvalue weighted by Gasteiger charge is 1.98. The van der Waals surface area contributed by atoms with E-state index in [1.54, 1.807) is 0 Å². The van der Waals surface area contributed by atoms with Crippen molar-refractivity contribution >= 4 is 28.3 Å². The zero-order valence-electron chi connectivity index (χ0n) is 7.93. The van der Waals surface area contributed by atoms with Gasteiger partial charge in [-0.1, -0.05) is 15.9 Å². The van der Waals surface area contributed by atoms with Crippen LogP contribution in [0.25, 0.3) is 5.69 Å². The molecule has 0 aliphatic rings. The minimum atomic E-state index is 0. The van der Waals surface area contributed by atoms with E-state index < -0.39 is 0 Å². The van der Waals surface area contributed by atoms with Crippen LogP contribution in [-0.2, 0) is 6.54 Å². The zero-order chi connectivity index (χ0) is 9.97. The van der Waals surface area contributed by atoms with Crippen molar-refractivity contribution in [2.24, 2.45) is 5.73 Å². The fourth-order valence-electron chi connectivity index (χ4n) is 1.21. The van der Waals surface area contributed by atoms with Crippen molar-refractivity contribution in [1.29, 1.82) is 0 Å². The van der Waals surface area contributed by atoms with Crippen molar-refractivity contribution in [3.8, 4) is 5.69 Å². The average Bonchev–Trinajstić information content (AvgIpc) is 2.67. The number of halogens is 2. The summed E-state index contributed by atoms with van der Waals surface area (Å²) in [6.45, 7) is 0.476. The van der Waals surface area contributed by atoms with E-state index >= 15 is 0 Å². The summed E-state index contributed by atoms with van der Waals surface area (Å²) in [7, 11) is 0. The van der Waals surface area contributed by atoms with Gasteiger partial charge in [0.2, 0.25) is 0 Å². The van der Waals surface area contributed by atoms with Crippen molar-refractivity contribution in [2.45, 2.75) is 6.54 Å². The van der Waals surface area contributed by atoms with Gasteiger partial charge in [0, 0.05) is 17.2 Å². The molecule has 0 atom stereocenters. The Morgan fingerprint density at radius 2 is 1.87 bits per heavy atom. The second kappa shape index (κ2) is 5.30. The van der Waals surface area contributed by atoms with Gasteiger partial charge in [-0.05, 0) is 30.3 Å². The number of rotatable bonds is 2. The first-order valence-corrected chi connectivity index (χ1v) is 5.09. The standard InChI is InChI=1S/C10H10BrN3.ClH/c11-8-1-3-10(4-2-8)14-6-5-9(7-12)13-14;/h1-6H,7,12H2;1H. The fourth-order valence-corrected chi connectivity index (χ4v) is 1.47. The molecule has 15 heavy (non-hydrogen) atoms. The van der Waals surface area contributed by atoms with Crippen LogP contribution in [0.3, 0.4) is 0 Å². The summed E-state index contributed by atoms with van der Waals surface area (Å²) in [5.41, 5.74) is 7.41. The maximum atomic E-state index is 5.48. The summed E-state index contributed by atoms with van der Waals surface area (Å²) in [6, 6.07) is 9.88. The molecule has 1 aromatic carbocycles. The van der Waals surface area contributed by atoms with Crippen molar-refractivity contribution in [3.05, 3.63) is 46.7 Å². The third-order valence-corrected chi connectivity index (χ3v) is 2.47. The second-order valence-corrected chi connectivity index (χ2v) is 3.85. The molecular formula is C10H11BrClN3. The van der Waals surface area contributed by atoms with Crippen LogP contribution in [-0.4, -0.2) is 9.78 Å². The van der Waals surface area contributed by atoms with Gasteiger partial charge in [0.25, 0.3) is 0 Å². The maximum Gasteiger partial charge on any atom is 0.0764 e. The summed E-state index contributed by atoms with van der Waals surface area (Å²) in [6.07, 6.45) is 1.91. The molecule has 1 aromatic heterocycles. The lowest BCUT2D eigenvalue weighted by atomic mass is 10.3. The normalized spacial score (nSPS) is 9.73. The fraction of sp³-hybridized carbons (Fsp3) is 0.100. The van der Waals surface area contributed by atoms with Crippen LogP contribution in [0.15, 0.2) is 41.0 Å². The first-order chi connectivity index (χ1) is 6.79. The highest BCUT2D eigenvalue weighted by molar-refractivity contribution is 9.10. The van der Waals surface area contributed by atoms with Gasteiger partial charge in [0.1, 0.15) is 0 Å². The van der Waals surface area contributed by atoms with E-state index in [-0.39, 0.29) is 12.4 Å². The Labute approximate surface area is 103 Å². The highest BCUT2D eigenvalue weighted by Crippen LogP contribution is 2.13. The summed E-state index contributed by atoms with van der Waals surface area (Å²) >= 11 is 3.39. The van der Waals surface area contributed by atoms with Crippen LogP contribution in [0.1, 0.15) is 5.69 Å². The molecule has 0 aliphatic carbocycles. The molecule has 2 N–H and O–H groups in total. The Morgan fingerprint density at radius 3 is 2.40 bits per heavy atom. The predicted octanol–water partition coefficient (Wildman–Crippen LogP) is 2.52. The molecule has 80 valence electrons. The molecule has 0 saturated carbocycles. The van der Waals surface area contributed by atoms with Crippen LogP contribution in [0.5, 0.6) is 0 Å². The summed E-state index contributed by atoms with van der Waals surface area (Å²) in [5.74, 6) is 0. The van der Waals surface area contributed by atoms with Gasteiger partial charge in [-0.2, -0.15) is 5.10 Å². The predicted molar refractivity (Wildman–Crippen MR) is 66.4 cm³/mol. The van der Waals surface area contributed by atoms with E-state index in [1.807, 2.05) is 41.2 Å². The Bertz CT molecular complexity index is 424. The smallest absolute Gasteiger partial charge is 0.0764 e. The lowest BCUT2D eigenvalue weighted by Gasteiger charge is -2.00. The Hall–Kier alpha value is -0.840. The van der Waals surface area contributed by atoms with Crippen LogP contribution in [0, 0.1) is 0 Å². The molecule has 0 fully saturated rings. The maximum absolute atomic E-state index is 5.48. The van der Waals surface area contributed by atoms with E-state index in [2.05, 4.69) is 21.0 Å². The van der Waals surface area contributed by atoms with Crippen LogP contribution in [0.2, 0.25) is 0 Å². The van der Waals surface area contributed by atoms with Gasteiger partial charge in [0.05, 0.1) is 11.4 Å². The first-order valence-electron chi connectivity index (χ1n) is 4.30. The molecule has 3 nitrogen and oxygen atoms in total. The van der Waals surface area contributed by atoms with Crippen molar-refractivity contribution < 1.29 is 0 Å². The summed E-state index contributed by atoms with van der Waals surface area (Å²) in [4.78, 5) is 0. The van der Waals surface area contributed by atoms with Gasteiger partial charge in [-0.15, -0.1) is 12.4 Å². The van der Waals surface area contributed by atoms with Gasteiger partial charge in [-0.3, -0.25) is 0 Å². The van der Waals surface area contributed by atoms with Crippen molar-refractivity contribution in [2.75, 3.05) is 0 Å². The number of hydrogen-bond acceptors (Lipinski definition) is 2. The number of aromatic nitrogens is 2. The van der Waals surface area contributed by atoms with Gasteiger partial charge in [0.15, 0.2) is 0 Å². The van der Waals surface area contributed by atoms with Crippen molar-refractivity contribution in [1.82, 2.24) is 9.78 Å². The Morgan fingerprint density at radius 1 is 1.20 bits per heavy atom. The molecule has 2 aromatic rings. The topological polar surface area (TPSA) is 43.8 Å². The zero-order valence-corrected chi connectivity index (χ0v) is 10.3. The summed E-state index contributed by atoms with van der Waals surface area (Å²) < 4.78 is 2.88. The number of benzene rings is 1. The molecule has 1 heterocycles. The van der Waals surface area contributed by atoms with Crippen molar-refractivity contribution in [3.63, 3.8) is 0 Å². The first kappa shape index (κ1) is 12.2. The number of hydrogen-bond donors (Lipinski definition) is 1. The Kier molecular flexibility index (Phi) is 4.32. The van der Waals surface area contributed by atoms with E-state index in [4.69, 9.17) is 5.73 Å². The van der Waals surface area contributed by atoms with Gasteiger partial charge in [-0.25, -0.2) is 4.68 Å². The SMILES string of the molecule is Cl.NCc1ccn(-c2ccc(Br)cc2)n1. The quantitative estimate of drug-likeness (QED) is 0.923. The van der Waals surface area contributed by atoms with Crippen LogP contribution < -0.4 is 5.73 Å². The van der Waals surface area contributed by atoms with E-state index in [9.17, 15) is 0 Å². The van der Waals surface area contributed by atoms with Crippen LogP contribution in [0.4, 0.5) is 0 Å².